The van der Waals surface area contributed by atoms with Crippen LogP contribution in [-0.4, -0.2) is 50.9 Å². The average molecular weight is 1040 g/mol. The smallest absolute Gasteiger partial charge is 0.871 e. The standard InChI is InChI=1S/2C19H12N4O8S.Co.3Na/c2*24-14-8-15(32(29,30)31)12-7-9(23(27)28)5-6-10(12)16(14)21-22-17-18(25)11-3-1-2-4-13(11)20-19(17)26;;;;/h2*1-8,24H,(H2,20,25,26)(H,29,30,31);;;;/q;;+3;3*+1/p-4. The molecule has 0 amide bonds. The number of fused-ring (bicyclic) bond motifs is 4. The number of aromatic amines is 1. The Bertz CT molecular complexity index is 3700. The molecule has 2 heterocycles. The minimum Gasteiger partial charge on any atom is -0.871 e. The molecule has 30 heteroatoms. The zero-order chi connectivity index (χ0) is 46.4. The van der Waals surface area contributed by atoms with Gasteiger partial charge in [-0.05, 0) is 41.1 Å². The van der Waals surface area contributed by atoms with Crippen molar-refractivity contribution < 1.29 is 167 Å². The molecule has 8 rings (SSSR count). The third-order valence-corrected chi connectivity index (χ3v) is 11.0. The summed E-state index contributed by atoms with van der Waals surface area (Å²) in [5, 5.41) is 96.2. The summed E-state index contributed by atoms with van der Waals surface area (Å²) in [5.74, 6) is -4.25. The van der Waals surface area contributed by atoms with Crippen molar-refractivity contribution in [1.29, 1.82) is 0 Å². The summed E-state index contributed by atoms with van der Waals surface area (Å²) in [6.45, 7) is 0. The molecule has 0 radical (unpaired) electrons. The van der Waals surface area contributed by atoms with Crippen LogP contribution in [0.15, 0.2) is 132 Å². The largest absolute Gasteiger partial charge is 3.00 e. The number of nitro groups is 2. The number of aromatic nitrogens is 2. The molecule has 0 atom stereocenters. The van der Waals surface area contributed by atoms with Crippen molar-refractivity contribution in [3.63, 3.8) is 0 Å². The number of hydrogen-bond acceptors (Lipinski definition) is 19. The Kier molecular flexibility index (Phi) is 18.9. The summed E-state index contributed by atoms with van der Waals surface area (Å²) < 4.78 is 65.7. The van der Waals surface area contributed by atoms with E-state index in [0.29, 0.717) is 17.6 Å². The number of rotatable bonds is 8. The molecular formula is C38H20CoN8Na3O16S2+2. The number of hydrogen-bond donors (Lipinski definition) is 4. The summed E-state index contributed by atoms with van der Waals surface area (Å²) in [5.41, 5.74) is -3.50. The Morgan fingerprint density at radius 3 is 1.57 bits per heavy atom. The number of para-hydroxylation sites is 2. The third kappa shape index (κ3) is 11.6. The number of nitro benzene ring substituents is 2. The van der Waals surface area contributed by atoms with Gasteiger partial charge in [0.2, 0.25) is 0 Å². The van der Waals surface area contributed by atoms with E-state index in [-0.39, 0.29) is 149 Å². The van der Waals surface area contributed by atoms with Gasteiger partial charge in [0.1, 0.15) is 26.9 Å². The van der Waals surface area contributed by atoms with Crippen molar-refractivity contribution in [2.45, 2.75) is 9.79 Å². The number of nitrogens with one attached hydrogen (secondary N) is 1. The van der Waals surface area contributed by atoms with Crippen LogP contribution in [0.5, 0.6) is 28.9 Å². The molecular weight excluding hydrogens is 1020 g/mol. The van der Waals surface area contributed by atoms with Crippen LogP contribution >= 0.6 is 0 Å². The molecule has 0 unspecified atom stereocenters. The Balaban J connectivity index is 0.000000340. The van der Waals surface area contributed by atoms with Gasteiger partial charge in [-0.1, -0.05) is 53.6 Å². The van der Waals surface area contributed by atoms with Gasteiger partial charge in [0.15, 0.2) is 0 Å². The van der Waals surface area contributed by atoms with E-state index in [1.54, 1.807) is 24.3 Å². The second kappa shape index (κ2) is 22.5. The number of azo groups is 2. The Morgan fingerprint density at radius 2 is 1.01 bits per heavy atom. The van der Waals surface area contributed by atoms with E-state index in [1.807, 2.05) is 0 Å². The number of H-pyrrole nitrogens is 1. The minimum atomic E-state index is -4.92. The number of pyridine rings is 2. The van der Waals surface area contributed by atoms with Crippen LogP contribution < -0.4 is 115 Å². The van der Waals surface area contributed by atoms with Crippen LogP contribution in [0, 0.1) is 20.2 Å². The molecule has 0 saturated heterocycles. The first-order chi connectivity index (χ1) is 30.1. The predicted octanol–water partition coefficient (Wildman–Crippen LogP) is -3.78. The van der Waals surface area contributed by atoms with E-state index in [1.165, 1.54) is 24.3 Å². The quantitative estimate of drug-likeness (QED) is 0.0373. The molecule has 0 spiro atoms. The number of benzene rings is 6. The van der Waals surface area contributed by atoms with E-state index in [9.17, 15) is 76.5 Å². The van der Waals surface area contributed by atoms with Crippen molar-refractivity contribution in [3.8, 4) is 28.9 Å². The summed E-state index contributed by atoms with van der Waals surface area (Å²) in [6.07, 6.45) is 0. The van der Waals surface area contributed by atoms with Crippen LogP contribution in [0.1, 0.15) is 0 Å². The maximum atomic E-state index is 12.6. The Labute approximate surface area is 456 Å². The summed E-state index contributed by atoms with van der Waals surface area (Å²) in [6, 6.07) is 19.3. The molecule has 0 fully saturated rings. The molecule has 330 valence electrons. The van der Waals surface area contributed by atoms with Crippen LogP contribution in [0.4, 0.5) is 34.1 Å². The SMILES string of the molecule is O=[N+]([O-])c1ccc2c(N=Nc3c([O-])nc4ccccc4c3[O-])c([O-])cc(S(=O)(=O)O)c2c1.O=c1[nH]c2ccccc2c([O-])c1N=Nc1c(O)cc(S(=O)(=O)O)c2cc([N+](=O)[O-])ccc12.[Co+3].[Na+].[Na+].[Na+]. The number of aromatic hydroxyl groups is 1. The first-order valence-electron chi connectivity index (χ1n) is 17.4. The summed E-state index contributed by atoms with van der Waals surface area (Å²) in [4.78, 5) is 37.4. The van der Waals surface area contributed by atoms with E-state index in [0.717, 1.165) is 36.4 Å². The van der Waals surface area contributed by atoms with Crippen LogP contribution in [0.2, 0.25) is 0 Å². The zero-order valence-corrected chi connectivity index (χ0v) is 43.3. The van der Waals surface area contributed by atoms with Gasteiger partial charge in [-0.15, -0.1) is 10.2 Å². The molecule has 0 saturated carbocycles. The number of nitrogens with zero attached hydrogens (tertiary/aromatic N) is 7. The topological polar surface area (TPSA) is 403 Å². The fourth-order valence-electron chi connectivity index (χ4n) is 6.29. The molecule has 0 aliphatic rings. The van der Waals surface area contributed by atoms with E-state index in [4.69, 9.17) is 0 Å². The normalized spacial score (nSPS) is 11.3. The Morgan fingerprint density at radius 1 is 0.559 bits per heavy atom. The molecule has 24 nitrogen and oxygen atoms in total. The minimum absolute atomic E-state index is 0. The number of phenols is 1. The van der Waals surface area contributed by atoms with Gasteiger partial charge in [-0.3, -0.25) is 39.1 Å². The molecule has 6 aromatic carbocycles. The maximum absolute atomic E-state index is 12.6. The maximum Gasteiger partial charge on any atom is 3.00 e. The van der Waals surface area contributed by atoms with Crippen LogP contribution in [-0.2, 0) is 37.0 Å². The molecule has 0 bridgehead atoms. The fraction of sp³-hybridized carbons (Fsp3) is 0. The first-order valence-corrected chi connectivity index (χ1v) is 20.3. The number of phenolic OH excluding ortho intramolecular Hbond substituents is 1. The van der Waals surface area contributed by atoms with Crippen LogP contribution in [0.25, 0.3) is 43.4 Å². The van der Waals surface area contributed by atoms with Crippen molar-refractivity contribution >= 4 is 97.7 Å². The van der Waals surface area contributed by atoms with Gasteiger partial charge in [-0.25, -0.2) is 0 Å². The first kappa shape index (κ1) is 57.1. The van der Waals surface area contributed by atoms with Gasteiger partial charge in [0, 0.05) is 63.3 Å². The Hall–Kier alpha value is -5.21. The molecule has 8 aromatic rings. The van der Waals surface area contributed by atoms with Crippen LogP contribution in [0.3, 0.4) is 0 Å². The van der Waals surface area contributed by atoms with Crippen molar-refractivity contribution in [1.82, 2.24) is 9.97 Å². The van der Waals surface area contributed by atoms with Crippen molar-refractivity contribution in [2.24, 2.45) is 20.5 Å². The number of non-ortho nitro benzene ring substituents is 2. The van der Waals surface area contributed by atoms with E-state index >= 15 is 0 Å². The molecule has 4 N–H and O–H groups in total. The second-order valence-electron chi connectivity index (χ2n) is 13.1. The van der Waals surface area contributed by atoms with Gasteiger partial charge in [0.05, 0.1) is 26.7 Å². The van der Waals surface area contributed by atoms with Crippen molar-refractivity contribution in [3.05, 3.63) is 128 Å². The van der Waals surface area contributed by atoms with Gasteiger partial charge < -0.3 is 30.5 Å². The molecule has 0 aliphatic carbocycles. The molecule has 2 aromatic heterocycles. The molecule has 68 heavy (non-hydrogen) atoms. The van der Waals surface area contributed by atoms with Gasteiger partial charge in [-0.2, -0.15) is 27.1 Å². The van der Waals surface area contributed by atoms with E-state index in [2.05, 4.69) is 30.4 Å². The third-order valence-electron chi connectivity index (χ3n) is 9.17. The van der Waals surface area contributed by atoms with Gasteiger partial charge >= 0.3 is 105 Å². The fourth-order valence-corrected chi connectivity index (χ4v) is 7.70. The second-order valence-corrected chi connectivity index (χ2v) is 15.9. The van der Waals surface area contributed by atoms with Gasteiger partial charge in [0.25, 0.3) is 37.2 Å². The molecule has 0 aliphatic heterocycles. The summed E-state index contributed by atoms with van der Waals surface area (Å²) in [7, 11) is -9.80. The average Bonchev–Trinajstić information content (AvgIpc) is 3.23. The summed E-state index contributed by atoms with van der Waals surface area (Å²) >= 11 is 0. The monoisotopic (exact) mass is 1040 g/mol. The van der Waals surface area contributed by atoms with E-state index < -0.39 is 103 Å². The van der Waals surface area contributed by atoms with Crippen molar-refractivity contribution in [2.75, 3.05) is 0 Å². The zero-order valence-electron chi connectivity index (χ0n) is 34.7. The predicted molar refractivity (Wildman–Crippen MR) is 215 cm³/mol.